The van der Waals surface area contributed by atoms with Crippen LogP contribution in [0.4, 0.5) is 9.18 Å². The number of fused-ring (bicyclic) bond motifs is 1. The molecule has 5 rings (SSSR count). The van der Waals surface area contributed by atoms with E-state index in [0.717, 1.165) is 33.8 Å². The van der Waals surface area contributed by atoms with Gasteiger partial charge in [-0.25, -0.2) is 9.18 Å². The molecule has 6 nitrogen and oxygen atoms in total. The van der Waals surface area contributed by atoms with Gasteiger partial charge >= 0.3 is 5.97 Å². The van der Waals surface area contributed by atoms with E-state index >= 15 is 0 Å². The first-order valence-electron chi connectivity index (χ1n) is 11.2. The number of aromatic nitrogens is 1. The number of halogens is 1. The number of thioether (sulfide) groups is 1. The summed E-state index contributed by atoms with van der Waals surface area (Å²) in [4.78, 5) is 39.1. The largest absolute Gasteiger partial charge is 0.465 e. The summed E-state index contributed by atoms with van der Waals surface area (Å²) in [5.74, 6) is -1.15. The maximum atomic E-state index is 13.2. The van der Waals surface area contributed by atoms with Gasteiger partial charge in [0.1, 0.15) is 5.82 Å². The van der Waals surface area contributed by atoms with Gasteiger partial charge in [-0.3, -0.25) is 14.5 Å². The number of rotatable bonds is 6. The third-order valence-corrected chi connectivity index (χ3v) is 6.84. The molecule has 0 N–H and O–H groups in total. The average molecular weight is 501 g/mol. The van der Waals surface area contributed by atoms with Gasteiger partial charge in [-0.2, -0.15) is 0 Å². The van der Waals surface area contributed by atoms with Crippen LogP contribution in [-0.2, 0) is 22.6 Å². The Morgan fingerprint density at radius 1 is 0.972 bits per heavy atom. The third-order valence-electron chi connectivity index (χ3n) is 5.93. The van der Waals surface area contributed by atoms with E-state index in [0.29, 0.717) is 22.6 Å². The van der Waals surface area contributed by atoms with Crippen LogP contribution >= 0.6 is 11.8 Å². The molecule has 1 aliphatic heterocycles. The minimum Gasteiger partial charge on any atom is -0.465 e. The molecule has 2 amide bonds. The van der Waals surface area contributed by atoms with Crippen molar-refractivity contribution in [3.8, 4) is 0 Å². The van der Waals surface area contributed by atoms with Crippen LogP contribution in [-0.4, -0.2) is 33.7 Å². The van der Waals surface area contributed by atoms with Gasteiger partial charge in [-0.15, -0.1) is 0 Å². The smallest absolute Gasteiger partial charge is 0.337 e. The minimum atomic E-state index is -0.397. The van der Waals surface area contributed by atoms with Crippen LogP contribution in [0.3, 0.4) is 0 Å². The average Bonchev–Trinajstić information content (AvgIpc) is 3.36. The fourth-order valence-electron chi connectivity index (χ4n) is 4.18. The third kappa shape index (κ3) is 4.67. The molecule has 0 radical (unpaired) electrons. The first-order chi connectivity index (χ1) is 17.4. The monoisotopic (exact) mass is 500 g/mol. The summed E-state index contributed by atoms with van der Waals surface area (Å²) < 4.78 is 20.1. The summed E-state index contributed by atoms with van der Waals surface area (Å²) in [6.45, 7) is 0.589. The molecule has 180 valence electrons. The number of ether oxygens (including phenoxy) is 1. The van der Waals surface area contributed by atoms with Gasteiger partial charge in [0.25, 0.3) is 11.1 Å². The second-order valence-electron chi connectivity index (χ2n) is 8.32. The van der Waals surface area contributed by atoms with Crippen LogP contribution in [0.5, 0.6) is 0 Å². The second kappa shape index (κ2) is 9.83. The molecule has 0 bridgehead atoms. The highest BCUT2D eigenvalue weighted by Gasteiger charge is 2.35. The molecule has 0 saturated carbocycles. The molecule has 1 saturated heterocycles. The predicted octanol–water partition coefficient (Wildman–Crippen LogP) is 5.85. The van der Waals surface area contributed by atoms with Crippen molar-refractivity contribution in [3.63, 3.8) is 0 Å². The Morgan fingerprint density at radius 3 is 2.53 bits per heavy atom. The molecule has 0 spiro atoms. The molecule has 2 heterocycles. The maximum absolute atomic E-state index is 13.2. The van der Waals surface area contributed by atoms with Crippen molar-refractivity contribution in [2.45, 2.75) is 13.1 Å². The molecule has 36 heavy (non-hydrogen) atoms. The van der Waals surface area contributed by atoms with Gasteiger partial charge < -0.3 is 9.30 Å². The topological polar surface area (TPSA) is 68.6 Å². The molecule has 0 unspecified atom stereocenters. The van der Waals surface area contributed by atoms with Crippen LogP contribution in [0.2, 0.25) is 0 Å². The highest BCUT2D eigenvalue weighted by Crippen LogP contribution is 2.35. The van der Waals surface area contributed by atoms with Crippen LogP contribution < -0.4 is 0 Å². The first kappa shape index (κ1) is 23.6. The number of methoxy groups -OCH3 is 1. The fourth-order valence-corrected chi connectivity index (χ4v) is 5.01. The number of benzene rings is 3. The molecular weight excluding hydrogens is 479 g/mol. The summed E-state index contributed by atoms with van der Waals surface area (Å²) in [6.07, 6.45) is 3.67. The van der Waals surface area contributed by atoms with Gasteiger partial charge in [0.05, 0.1) is 24.1 Å². The second-order valence-corrected chi connectivity index (χ2v) is 9.31. The number of carbonyl (C=O) groups is 3. The molecule has 0 atom stereocenters. The van der Waals surface area contributed by atoms with E-state index < -0.39 is 5.97 Å². The highest BCUT2D eigenvalue weighted by atomic mass is 32.2. The van der Waals surface area contributed by atoms with Crippen molar-refractivity contribution < 1.29 is 23.5 Å². The Bertz CT molecular complexity index is 1520. The van der Waals surface area contributed by atoms with Crippen molar-refractivity contribution in [2.24, 2.45) is 0 Å². The molecule has 1 fully saturated rings. The number of carbonyl (C=O) groups excluding carboxylic acids is 3. The van der Waals surface area contributed by atoms with E-state index in [1.54, 1.807) is 30.3 Å². The quantitative estimate of drug-likeness (QED) is 0.245. The zero-order valence-corrected chi connectivity index (χ0v) is 20.1. The first-order valence-corrected chi connectivity index (χ1v) is 12.0. The van der Waals surface area contributed by atoms with E-state index in [4.69, 9.17) is 4.74 Å². The summed E-state index contributed by atoms with van der Waals surface area (Å²) >= 11 is 0.892. The Labute approximate surface area is 211 Å². The number of para-hydroxylation sites is 1. The van der Waals surface area contributed by atoms with Gasteiger partial charge in [0.15, 0.2) is 0 Å². The summed E-state index contributed by atoms with van der Waals surface area (Å²) in [5.41, 5.74) is 3.83. The van der Waals surface area contributed by atoms with E-state index in [9.17, 15) is 18.8 Å². The lowest BCUT2D eigenvalue weighted by atomic mass is 10.1. The molecule has 1 aliphatic rings. The number of nitrogens with zero attached hydrogens (tertiary/aromatic N) is 2. The van der Waals surface area contributed by atoms with Crippen LogP contribution in [0.25, 0.3) is 17.0 Å². The number of amides is 2. The van der Waals surface area contributed by atoms with E-state index in [1.165, 1.54) is 24.1 Å². The van der Waals surface area contributed by atoms with Gasteiger partial charge in [0, 0.05) is 29.2 Å². The lowest BCUT2D eigenvalue weighted by Crippen LogP contribution is -2.27. The van der Waals surface area contributed by atoms with Crippen molar-refractivity contribution in [3.05, 3.63) is 112 Å². The SMILES string of the molecule is COC(=O)c1cccc(Cn2cc(/C=C3\SC(=O)N(Cc4ccc(F)cc4)C3=O)c3ccccc32)c1. The standard InChI is InChI=1S/C28H21FN2O4S/c1-35-27(33)20-6-4-5-19(13-20)15-30-17-21(23-7-2-3-8-24(23)30)14-25-26(32)31(28(34)36-25)16-18-9-11-22(29)12-10-18/h2-14,17H,15-16H2,1H3/b25-14-. The Kier molecular flexibility index (Phi) is 6.43. The summed E-state index contributed by atoms with van der Waals surface area (Å²) in [5, 5.41) is 0.575. The van der Waals surface area contributed by atoms with Crippen molar-refractivity contribution >= 4 is 45.9 Å². The molecule has 4 aromatic rings. The van der Waals surface area contributed by atoms with E-state index in [2.05, 4.69) is 0 Å². The number of hydrogen-bond donors (Lipinski definition) is 0. The predicted molar refractivity (Wildman–Crippen MR) is 137 cm³/mol. The summed E-state index contributed by atoms with van der Waals surface area (Å²) in [7, 11) is 1.35. The number of imide groups is 1. The number of esters is 1. The highest BCUT2D eigenvalue weighted by molar-refractivity contribution is 8.18. The molecule has 3 aromatic carbocycles. The molecule has 1 aromatic heterocycles. The van der Waals surface area contributed by atoms with E-state index in [1.807, 2.05) is 47.2 Å². The van der Waals surface area contributed by atoms with Crippen molar-refractivity contribution in [2.75, 3.05) is 7.11 Å². The summed E-state index contributed by atoms with van der Waals surface area (Å²) in [6, 6.07) is 20.8. The van der Waals surface area contributed by atoms with Crippen LogP contribution in [0.15, 0.2) is 83.9 Å². The molecule has 8 heteroatoms. The Balaban J connectivity index is 1.44. The van der Waals surface area contributed by atoms with Crippen molar-refractivity contribution in [1.82, 2.24) is 9.47 Å². The van der Waals surface area contributed by atoms with Gasteiger partial charge in [-0.1, -0.05) is 42.5 Å². The Hall–Kier alpha value is -4.17. The van der Waals surface area contributed by atoms with Crippen LogP contribution in [0, 0.1) is 5.82 Å². The lowest BCUT2D eigenvalue weighted by Gasteiger charge is -2.12. The minimum absolute atomic E-state index is 0.0839. The molecular formula is C28H21FN2O4S. The number of hydrogen-bond acceptors (Lipinski definition) is 5. The maximum Gasteiger partial charge on any atom is 0.337 e. The van der Waals surface area contributed by atoms with Crippen LogP contribution in [0.1, 0.15) is 27.0 Å². The van der Waals surface area contributed by atoms with Gasteiger partial charge in [-0.05, 0) is 59.3 Å². The lowest BCUT2D eigenvalue weighted by molar-refractivity contribution is -0.123. The van der Waals surface area contributed by atoms with Crippen molar-refractivity contribution in [1.29, 1.82) is 0 Å². The molecule has 0 aliphatic carbocycles. The normalized spacial score (nSPS) is 14.7. The van der Waals surface area contributed by atoms with E-state index in [-0.39, 0.29) is 23.5 Å². The Morgan fingerprint density at radius 2 is 1.75 bits per heavy atom. The van der Waals surface area contributed by atoms with Gasteiger partial charge in [0.2, 0.25) is 0 Å². The zero-order valence-electron chi connectivity index (χ0n) is 19.3. The zero-order chi connectivity index (χ0) is 25.2. The fraction of sp³-hybridized carbons (Fsp3) is 0.107.